The number of ether oxygens (including phenoxy) is 1. The molecule has 0 fully saturated rings. The van der Waals surface area contributed by atoms with Crippen LogP contribution in [-0.2, 0) is 11.0 Å². The first kappa shape index (κ1) is 18.2. The van der Waals surface area contributed by atoms with E-state index in [0.29, 0.717) is 0 Å². The Hall–Kier alpha value is -1.80. The lowest BCUT2D eigenvalue weighted by Gasteiger charge is -2.21. The second kappa shape index (κ2) is 7.46. The molecule has 2 atom stereocenters. The zero-order valence-electron chi connectivity index (χ0n) is 12.1. The zero-order valence-corrected chi connectivity index (χ0v) is 12.1. The van der Waals surface area contributed by atoms with Crippen molar-refractivity contribution in [3.05, 3.63) is 29.3 Å². The monoisotopic (exact) mass is 321 g/mol. The largest absolute Gasteiger partial charge is 0.496 e. The second-order valence-electron chi connectivity index (χ2n) is 4.74. The van der Waals surface area contributed by atoms with Crippen LogP contribution in [0.2, 0.25) is 0 Å². The Morgan fingerprint density at radius 1 is 1.36 bits per heavy atom. The molecule has 2 unspecified atom stereocenters. The van der Waals surface area contributed by atoms with Gasteiger partial charge in [-0.25, -0.2) is 0 Å². The number of aliphatic hydroxyl groups excluding tert-OH is 2. The highest BCUT2D eigenvalue weighted by molar-refractivity contribution is 5.72. The van der Waals surface area contributed by atoms with Gasteiger partial charge in [-0.05, 0) is 18.6 Å². The maximum atomic E-state index is 12.6. The molecule has 0 aliphatic rings. The maximum absolute atomic E-state index is 12.6. The lowest BCUT2D eigenvalue weighted by molar-refractivity contribution is -0.137. The number of aliphatic hydroxyl groups is 2. The van der Waals surface area contributed by atoms with E-state index in [1.165, 1.54) is 14.0 Å². The minimum absolute atomic E-state index is 0.0466. The molecule has 0 saturated heterocycles. The first-order valence-corrected chi connectivity index (χ1v) is 6.52. The van der Waals surface area contributed by atoms with Crippen LogP contribution in [0.3, 0.4) is 0 Å². The lowest BCUT2D eigenvalue weighted by atomic mass is 9.99. The molecular formula is C14H18F3NO4. The Kier molecular flexibility index (Phi) is 6.19. The molecule has 0 aliphatic carbocycles. The van der Waals surface area contributed by atoms with Crippen LogP contribution < -0.4 is 10.1 Å². The van der Waals surface area contributed by atoms with Crippen LogP contribution in [0.5, 0.6) is 5.75 Å². The number of alkyl halides is 3. The van der Waals surface area contributed by atoms with Crippen molar-refractivity contribution in [3.8, 4) is 5.75 Å². The third-order valence-electron chi connectivity index (χ3n) is 3.06. The van der Waals surface area contributed by atoms with Crippen LogP contribution in [0.25, 0.3) is 0 Å². The van der Waals surface area contributed by atoms with Crippen molar-refractivity contribution in [2.45, 2.75) is 31.7 Å². The van der Waals surface area contributed by atoms with E-state index in [1.807, 2.05) is 0 Å². The number of methoxy groups -OCH3 is 1. The molecule has 124 valence electrons. The maximum Gasteiger partial charge on any atom is 0.416 e. The van der Waals surface area contributed by atoms with Crippen LogP contribution in [0.4, 0.5) is 13.2 Å². The van der Waals surface area contributed by atoms with Gasteiger partial charge in [-0.15, -0.1) is 0 Å². The molecule has 0 bridgehead atoms. The summed E-state index contributed by atoms with van der Waals surface area (Å²) >= 11 is 0. The Balaban J connectivity index is 2.88. The lowest BCUT2D eigenvalue weighted by Crippen LogP contribution is -2.27. The van der Waals surface area contributed by atoms with Crippen LogP contribution in [0.15, 0.2) is 18.2 Å². The van der Waals surface area contributed by atoms with Crippen molar-refractivity contribution in [1.29, 1.82) is 0 Å². The molecule has 5 nitrogen and oxygen atoms in total. The topological polar surface area (TPSA) is 78.8 Å². The summed E-state index contributed by atoms with van der Waals surface area (Å²) < 4.78 is 42.7. The molecule has 1 aromatic carbocycles. The Labute approximate surface area is 125 Å². The van der Waals surface area contributed by atoms with E-state index >= 15 is 0 Å². The summed E-state index contributed by atoms with van der Waals surface area (Å²) in [6.07, 6.45) is -7.16. The molecule has 22 heavy (non-hydrogen) atoms. The van der Waals surface area contributed by atoms with Crippen molar-refractivity contribution in [2.75, 3.05) is 13.7 Å². The number of hydrogen-bond donors (Lipinski definition) is 3. The molecule has 0 aliphatic heterocycles. The van der Waals surface area contributed by atoms with Crippen LogP contribution in [0.1, 0.15) is 30.6 Å². The molecular weight excluding hydrogens is 303 g/mol. The van der Waals surface area contributed by atoms with Crippen LogP contribution >= 0.6 is 0 Å². The first-order valence-electron chi connectivity index (χ1n) is 6.52. The predicted octanol–water partition coefficient (Wildman–Crippen LogP) is 1.63. The average Bonchev–Trinajstić information content (AvgIpc) is 2.44. The highest BCUT2D eigenvalue weighted by Gasteiger charge is 2.32. The number of carbonyl (C=O) groups is 1. The molecule has 0 saturated carbocycles. The van der Waals surface area contributed by atoms with Gasteiger partial charge in [0.25, 0.3) is 0 Å². The van der Waals surface area contributed by atoms with E-state index in [4.69, 9.17) is 4.74 Å². The van der Waals surface area contributed by atoms with E-state index < -0.39 is 23.9 Å². The van der Waals surface area contributed by atoms with Gasteiger partial charge in [-0.1, -0.05) is 6.07 Å². The molecule has 0 radical (unpaired) electrons. The summed E-state index contributed by atoms with van der Waals surface area (Å²) in [7, 11) is 1.18. The van der Waals surface area contributed by atoms with E-state index in [9.17, 15) is 28.2 Å². The van der Waals surface area contributed by atoms with E-state index in [-0.39, 0.29) is 30.2 Å². The van der Waals surface area contributed by atoms with Crippen molar-refractivity contribution in [1.82, 2.24) is 5.32 Å². The quantitative estimate of drug-likeness (QED) is 0.744. The SMILES string of the molecule is COc1cc(C(F)(F)F)ccc1C(O)C(O)CCNC(C)=O. The van der Waals surface area contributed by atoms with Crippen molar-refractivity contribution in [2.24, 2.45) is 0 Å². The molecule has 1 rings (SSSR count). The Morgan fingerprint density at radius 2 is 2.00 bits per heavy atom. The van der Waals surface area contributed by atoms with Gasteiger partial charge in [0.1, 0.15) is 11.9 Å². The molecule has 3 N–H and O–H groups in total. The number of halogens is 3. The third kappa shape index (κ3) is 4.88. The fourth-order valence-corrected chi connectivity index (χ4v) is 1.89. The average molecular weight is 321 g/mol. The van der Waals surface area contributed by atoms with Gasteiger partial charge in [0.2, 0.25) is 5.91 Å². The first-order chi connectivity index (χ1) is 10.2. The summed E-state index contributed by atoms with van der Waals surface area (Å²) in [5.74, 6) is -0.449. The fourth-order valence-electron chi connectivity index (χ4n) is 1.89. The second-order valence-corrected chi connectivity index (χ2v) is 4.74. The highest BCUT2D eigenvalue weighted by atomic mass is 19.4. The number of rotatable bonds is 6. The number of amides is 1. The fraction of sp³-hybridized carbons (Fsp3) is 0.500. The van der Waals surface area contributed by atoms with Gasteiger partial charge < -0.3 is 20.3 Å². The highest BCUT2D eigenvalue weighted by Crippen LogP contribution is 2.35. The molecule has 0 heterocycles. The summed E-state index contributed by atoms with van der Waals surface area (Å²) in [5.41, 5.74) is -0.862. The predicted molar refractivity (Wildman–Crippen MR) is 72.3 cm³/mol. The Bertz CT molecular complexity index is 519. The van der Waals surface area contributed by atoms with Gasteiger partial charge in [-0.2, -0.15) is 13.2 Å². The Morgan fingerprint density at radius 3 is 2.50 bits per heavy atom. The summed E-state index contributed by atoms with van der Waals surface area (Å²) in [6, 6.07) is 2.63. The molecule has 0 aromatic heterocycles. The zero-order chi connectivity index (χ0) is 16.9. The van der Waals surface area contributed by atoms with Gasteiger partial charge in [-0.3, -0.25) is 4.79 Å². The third-order valence-corrected chi connectivity index (χ3v) is 3.06. The van der Waals surface area contributed by atoms with Crippen LogP contribution in [0, 0.1) is 0 Å². The van der Waals surface area contributed by atoms with Crippen LogP contribution in [-0.4, -0.2) is 35.9 Å². The summed E-state index contributed by atoms with van der Waals surface area (Å²) in [4.78, 5) is 10.7. The van der Waals surface area contributed by atoms with Gasteiger partial charge in [0, 0.05) is 19.0 Å². The number of hydrogen-bond acceptors (Lipinski definition) is 4. The summed E-state index contributed by atoms with van der Waals surface area (Å²) in [5, 5.41) is 22.3. The van der Waals surface area contributed by atoms with E-state index in [0.717, 1.165) is 18.2 Å². The van der Waals surface area contributed by atoms with Crippen molar-refractivity contribution >= 4 is 5.91 Å². The molecule has 1 aromatic rings. The van der Waals surface area contributed by atoms with E-state index in [1.54, 1.807) is 0 Å². The normalized spacial score (nSPS) is 14.3. The summed E-state index contributed by atoms with van der Waals surface area (Å²) in [6.45, 7) is 1.44. The van der Waals surface area contributed by atoms with Crippen molar-refractivity contribution in [3.63, 3.8) is 0 Å². The van der Waals surface area contributed by atoms with Gasteiger partial charge >= 0.3 is 6.18 Å². The number of nitrogens with one attached hydrogen (secondary N) is 1. The smallest absolute Gasteiger partial charge is 0.416 e. The number of carbonyl (C=O) groups excluding carboxylic acids is 1. The molecule has 1 amide bonds. The van der Waals surface area contributed by atoms with Gasteiger partial charge in [0.15, 0.2) is 0 Å². The minimum atomic E-state index is -4.53. The van der Waals surface area contributed by atoms with E-state index in [2.05, 4.69) is 5.32 Å². The molecule has 8 heteroatoms. The number of benzene rings is 1. The standard InChI is InChI=1S/C14H18F3NO4/c1-8(19)18-6-5-11(20)13(21)10-4-3-9(14(15,16)17)7-12(10)22-2/h3-4,7,11,13,20-21H,5-6H2,1-2H3,(H,18,19). The minimum Gasteiger partial charge on any atom is -0.496 e. The molecule has 0 spiro atoms. The van der Waals surface area contributed by atoms with Gasteiger partial charge in [0.05, 0.1) is 18.8 Å². The van der Waals surface area contributed by atoms with Crippen molar-refractivity contribution < 1.29 is 32.9 Å².